The molecule has 0 heterocycles. The molecule has 2 rings (SSSR count). The van der Waals surface area contributed by atoms with Crippen LogP contribution in [0.15, 0.2) is 0 Å². The van der Waals surface area contributed by atoms with Crippen LogP contribution in [-0.2, 0) is 0 Å². The van der Waals surface area contributed by atoms with Gasteiger partial charge in [0, 0.05) is 0 Å². The summed E-state index contributed by atoms with van der Waals surface area (Å²) in [7, 11) is 0. The fourth-order valence-electron chi connectivity index (χ4n) is 5.18. The summed E-state index contributed by atoms with van der Waals surface area (Å²) < 4.78 is 0. The van der Waals surface area contributed by atoms with Gasteiger partial charge in [-0.1, -0.05) is 54.4 Å². The van der Waals surface area contributed by atoms with Crippen molar-refractivity contribution in [2.24, 2.45) is 34.5 Å². The van der Waals surface area contributed by atoms with Crippen molar-refractivity contribution in [3.05, 3.63) is 0 Å². The molecule has 0 heteroatoms. The summed E-state index contributed by atoms with van der Waals surface area (Å²) in [6.07, 6.45) is 5.95. The van der Waals surface area contributed by atoms with E-state index in [0.29, 0.717) is 10.8 Å². The molecule has 0 spiro atoms. The highest BCUT2D eigenvalue weighted by Gasteiger charge is 2.61. The van der Waals surface area contributed by atoms with Crippen molar-refractivity contribution >= 4 is 0 Å². The molecule has 16 heavy (non-hydrogen) atoms. The third kappa shape index (κ3) is 1.34. The second-order valence-electron chi connectivity index (χ2n) is 7.50. The second kappa shape index (κ2) is 3.75. The summed E-state index contributed by atoms with van der Waals surface area (Å²) in [5, 5.41) is 0. The predicted molar refractivity (Wildman–Crippen MR) is 71.3 cm³/mol. The van der Waals surface area contributed by atoms with Gasteiger partial charge >= 0.3 is 0 Å². The molecule has 2 aliphatic rings. The minimum absolute atomic E-state index is 0.515. The second-order valence-corrected chi connectivity index (χ2v) is 7.50. The number of hydrogen-bond donors (Lipinski definition) is 0. The van der Waals surface area contributed by atoms with Gasteiger partial charge in [0.25, 0.3) is 0 Å². The van der Waals surface area contributed by atoms with Gasteiger partial charge in [0.2, 0.25) is 0 Å². The highest BCUT2D eigenvalue weighted by molar-refractivity contribution is 5.09. The van der Waals surface area contributed by atoms with Crippen LogP contribution in [0.2, 0.25) is 0 Å². The van der Waals surface area contributed by atoms with Crippen LogP contribution in [-0.4, -0.2) is 0 Å². The largest absolute Gasteiger partial charge is 0.0622 e. The molecule has 0 amide bonds. The van der Waals surface area contributed by atoms with Gasteiger partial charge < -0.3 is 0 Å². The smallest absolute Gasteiger partial charge is 0.0218 e. The summed E-state index contributed by atoms with van der Waals surface area (Å²) in [4.78, 5) is 0. The molecule has 4 unspecified atom stereocenters. The minimum Gasteiger partial charge on any atom is -0.0622 e. The molecule has 94 valence electrons. The molecule has 2 saturated carbocycles. The first-order valence-electron chi connectivity index (χ1n) is 7.33. The molecule has 0 aromatic heterocycles. The van der Waals surface area contributed by atoms with E-state index in [2.05, 4.69) is 41.5 Å². The van der Waals surface area contributed by atoms with E-state index >= 15 is 0 Å². The van der Waals surface area contributed by atoms with Crippen LogP contribution in [0, 0.1) is 34.5 Å². The molecular formula is C16H30. The summed E-state index contributed by atoms with van der Waals surface area (Å²) in [6.45, 7) is 15.1. The standard InChI is InChI=1S/C16H30/c1-11(2)16(6)14-10-8-7-9-13(14)12(3)15(16,4)5/h11-14H,7-10H2,1-6H3. The molecule has 0 aromatic carbocycles. The van der Waals surface area contributed by atoms with Crippen molar-refractivity contribution in [3.8, 4) is 0 Å². The van der Waals surface area contributed by atoms with Crippen molar-refractivity contribution in [3.63, 3.8) is 0 Å². The Morgan fingerprint density at radius 2 is 1.56 bits per heavy atom. The number of rotatable bonds is 1. The van der Waals surface area contributed by atoms with Crippen LogP contribution < -0.4 is 0 Å². The molecule has 4 atom stereocenters. The number of hydrogen-bond acceptors (Lipinski definition) is 0. The van der Waals surface area contributed by atoms with Gasteiger partial charge in [-0.25, -0.2) is 0 Å². The van der Waals surface area contributed by atoms with Gasteiger partial charge in [-0.3, -0.25) is 0 Å². The summed E-state index contributed by atoms with van der Waals surface area (Å²) in [5.74, 6) is 3.73. The van der Waals surface area contributed by atoms with Crippen molar-refractivity contribution in [2.45, 2.75) is 67.2 Å². The Kier molecular flexibility index (Phi) is 2.92. The van der Waals surface area contributed by atoms with E-state index < -0.39 is 0 Å². The van der Waals surface area contributed by atoms with Gasteiger partial charge in [0.05, 0.1) is 0 Å². The van der Waals surface area contributed by atoms with Crippen LogP contribution in [0.1, 0.15) is 67.2 Å². The van der Waals surface area contributed by atoms with Gasteiger partial charge in [-0.15, -0.1) is 0 Å². The van der Waals surface area contributed by atoms with E-state index in [1.54, 1.807) is 0 Å². The molecular weight excluding hydrogens is 192 g/mol. The first-order chi connectivity index (χ1) is 7.33. The maximum absolute atomic E-state index is 2.59. The predicted octanol–water partition coefficient (Wildman–Crippen LogP) is 5.13. The lowest BCUT2D eigenvalue weighted by molar-refractivity contribution is 0.00494. The minimum atomic E-state index is 0.515. The normalized spacial score (nSPS) is 47.1. The lowest BCUT2D eigenvalue weighted by Gasteiger charge is -2.48. The van der Waals surface area contributed by atoms with E-state index in [4.69, 9.17) is 0 Å². The average Bonchev–Trinajstić information content (AvgIpc) is 2.40. The first-order valence-corrected chi connectivity index (χ1v) is 7.33. The molecule has 2 fully saturated rings. The van der Waals surface area contributed by atoms with E-state index in [1.165, 1.54) is 25.7 Å². The SMILES string of the molecule is CC1C2CCCCC2C(C)(C(C)C)C1(C)C. The zero-order valence-corrected chi connectivity index (χ0v) is 12.1. The molecule has 0 aliphatic heterocycles. The van der Waals surface area contributed by atoms with Crippen LogP contribution in [0.5, 0.6) is 0 Å². The van der Waals surface area contributed by atoms with E-state index in [9.17, 15) is 0 Å². The van der Waals surface area contributed by atoms with Crippen molar-refractivity contribution in [1.29, 1.82) is 0 Å². The lowest BCUT2D eigenvalue weighted by atomic mass is 9.57. The van der Waals surface area contributed by atoms with Gasteiger partial charge in [0.15, 0.2) is 0 Å². The van der Waals surface area contributed by atoms with Gasteiger partial charge in [0.1, 0.15) is 0 Å². The maximum Gasteiger partial charge on any atom is -0.0218 e. The van der Waals surface area contributed by atoms with Gasteiger partial charge in [-0.05, 0) is 47.3 Å². The molecule has 0 aromatic rings. The molecule has 0 saturated heterocycles. The summed E-state index contributed by atoms with van der Waals surface area (Å²) >= 11 is 0. The molecule has 2 aliphatic carbocycles. The van der Waals surface area contributed by atoms with Crippen LogP contribution in [0.4, 0.5) is 0 Å². The molecule has 0 bridgehead atoms. The van der Waals surface area contributed by atoms with Gasteiger partial charge in [-0.2, -0.15) is 0 Å². The first kappa shape index (κ1) is 12.5. The fraction of sp³-hybridized carbons (Fsp3) is 1.00. The summed E-state index contributed by atoms with van der Waals surface area (Å²) in [6, 6.07) is 0. The van der Waals surface area contributed by atoms with Crippen LogP contribution >= 0.6 is 0 Å². The molecule has 0 N–H and O–H groups in total. The monoisotopic (exact) mass is 222 g/mol. The Morgan fingerprint density at radius 3 is 2.12 bits per heavy atom. The Morgan fingerprint density at radius 1 is 1.00 bits per heavy atom. The van der Waals surface area contributed by atoms with E-state index in [-0.39, 0.29) is 0 Å². The zero-order valence-electron chi connectivity index (χ0n) is 12.1. The molecule has 0 nitrogen and oxygen atoms in total. The van der Waals surface area contributed by atoms with Crippen molar-refractivity contribution in [1.82, 2.24) is 0 Å². The van der Waals surface area contributed by atoms with Crippen LogP contribution in [0.3, 0.4) is 0 Å². The third-order valence-corrected chi connectivity index (χ3v) is 6.96. The quantitative estimate of drug-likeness (QED) is 0.577. The number of fused-ring (bicyclic) bond motifs is 1. The Hall–Kier alpha value is 0. The Labute approximate surface area is 102 Å². The van der Waals surface area contributed by atoms with E-state index in [1.807, 2.05) is 0 Å². The zero-order chi connectivity index (χ0) is 12.1. The lowest BCUT2D eigenvalue weighted by Crippen LogP contribution is -2.41. The van der Waals surface area contributed by atoms with Crippen LogP contribution in [0.25, 0.3) is 0 Å². The van der Waals surface area contributed by atoms with Crippen molar-refractivity contribution < 1.29 is 0 Å². The Balaban J connectivity index is 2.42. The maximum atomic E-state index is 2.59. The van der Waals surface area contributed by atoms with Crippen molar-refractivity contribution in [2.75, 3.05) is 0 Å². The third-order valence-electron chi connectivity index (χ3n) is 6.96. The highest BCUT2D eigenvalue weighted by atomic mass is 14.7. The van der Waals surface area contributed by atoms with E-state index in [0.717, 1.165) is 23.7 Å². The highest BCUT2D eigenvalue weighted by Crippen LogP contribution is 2.67. The molecule has 0 radical (unpaired) electrons. The Bertz CT molecular complexity index is 263. The average molecular weight is 222 g/mol. The summed E-state index contributed by atoms with van der Waals surface area (Å²) in [5.41, 5.74) is 1.07. The topological polar surface area (TPSA) is 0 Å². The fourth-order valence-corrected chi connectivity index (χ4v) is 5.18.